The summed E-state index contributed by atoms with van der Waals surface area (Å²) in [7, 11) is 0. The van der Waals surface area contributed by atoms with Crippen LogP contribution < -0.4 is 4.74 Å². The number of carbonyl (C=O) groups is 1. The second-order valence-corrected chi connectivity index (χ2v) is 7.77. The van der Waals surface area contributed by atoms with Crippen molar-refractivity contribution in [1.29, 1.82) is 0 Å². The van der Waals surface area contributed by atoms with E-state index in [2.05, 4.69) is 4.98 Å². The Labute approximate surface area is 179 Å². The molecule has 5 nitrogen and oxygen atoms in total. The molecular formula is C25H22FN3O2. The van der Waals surface area contributed by atoms with Crippen molar-refractivity contribution in [3.05, 3.63) is 102 Å². The fraction of sp³-hybridized carbons (Fsp3) is 0.200. The van der Waals surface area contributed by atoms with Crippen LogP contribution in [0.2, 0.25) is 0 Å². The molecule has 0 N–H and O–H groups in total. The fourth-order valence-corrected chi connectivity index (χ4v) is 3.66. The van der Waals surface area contributed by atoms with Gasteiger partial charge in [-0.2, -0.15) is 0 Å². The number of hydrogen-bond acceptors (Lipinski definition) is 3. The lowest BCUT2D eigenvalue weighted by Crippen LogP contribution is -2.32. The molecule has 2 aromatic heterocycles. The quantitative estimate of drug-likeness (QED) is 0.433. The molecule has 5 rings (SSSR count). The van der Waals surface area contributed by atoms with Crippen LogP contribution in [0.3, 0.4) is 0 Å². The number of halogens is 1. The summed E-state index contributed by atoms with van der Waals surface area (Å²) in [6, 6.07) is 19.7. The first-order valence-corrected chi connectivity index (χ1v) is 10.4. The number of benzene rings is 2. The van der Waals surface area contributed by atoms with Crippen molar-refractivity contribution in [2.24, 2.45) is 0 Å². The summed E-state index contributed by atoms with van der Waals surface area (Å²) >= 11 is 0. The van der Waals surface area contributed by atoms with Gasteiger partial charge < -0.3 is 14.0 Å². The van der Waals surface area contributed by atoms with E-state index >= 15 is 0 Å². The molecule has 0 bridgehead atoms. The number of rotatable bonds is 7. The van der Waals surface area contributed by atoms with Gasteiger partial charge in [0.05, 0.1) is 5.69 Å². The number of amides is 1. The fourth-order valence-electron chi connectivity index (χ4n) is 3.66. The van der Waals surface area contributed by atoms with E-state index < -0.39 is 0 Å². The smallest absolute Gasteiger partial charge is 0.254 e. The third kappa shape index (κ3) is 4.28. The van der Waals surface area contributed by atoms with Gasteiger partial charge in [0, 0.05) is 36.1 Å². The SMILES string of the molecule is O=C(c1cccc(OCc2cn3ccccc3n2)c1)N(Cc1ccccc1F)C1CC1. The third-order valence-electron chi connectivity index (χ3n) is 5.43. The molecule has 2 heterocycles. The summed E-state index contributed by atoms with van der Waals surface area (Å²) < 4.78 is 22.0. The summed E-state index contributed by atoms with van der Waals surface area (Å²) in [5, 5.41) is 0. The zero-order chi connectivity index (χ0) is 21.2. The number of hydrogen-bond donors (Lipinski definition) is 0. The predicted molar refractivity (Wildman–Crippen MR) is 115 cm³/mol. The van der Waals surface area contributed by atoms with Crippen molar-refractivity contribution in [3.63, 3.8) is 0 Å². The average Bonchev–Trinajstić information content (AvgIpc) is 3.55. The van der Waals surface area contributed by atoms with Crippen LogP contribution in [-0.4, -0.2) is 26.2 Å². The van der Waals surface area contributed by atoms with Gasteiger partial charge in [0.2, 0.25) is 0 Å². The Kier molecular flexibility index (Phi) is 5.12. The molecule has 1 aliphatic carbocycles. The summed E-state index contributed by atoms with van der Waals surface area (Å²) in [4.78, 5) is 19.5. The zero-order valence-electron chi connectivity index (χ0n) is 16.9. The molecule has 1 amide bonds. The molecule has 0 atom stereocenters. The van der Waals surface area contributed by atoms with Crippen molar-refractivity contribution in [2.75, 3.05) is 0 Å². The van der Waals surface area contributed by atoms with Gasteiger partial charge in [-0.25, -0.2) is 9.37 Å². The van der Waals surface area contributed by atoms with E-state index in [4.69, 9.17) is 4.74 Å². The number of aromatic nitrogens is 2. The molecule has 6 heteroatoms. The Morgan fingerprint density at radius 3 is 2.74 bits per heavy atom. The molecule has 0 aliphatic heterocycles. The monoisotopic (exact) mass is 415 g/mol. The van der Waals surface area contributed by atoms with Crippen molar-refractivity contribution in [1.82, 2.24) is 14.3 Å². The van der Waals surface area contributed by atoms with Gasteiger partial charge >= 0.3 is 0 Å². The lowest BCUT2D eigenvalue weighted by molar-refractivity contribution is 0.0727. The second-order valence-electron chi connectivity index (χ2n) is 7.77. The van der Waals surface area contributed by atoms with Gasteiger partial charge in [0.1, 0.15) is 23.8 Å². The summed E-state index contributed by atoms with van der Waals surface area (Å²) in [6.45, 7) is 0.573. The second kappa shape index (κ2) is 8.22. The Balaban J connectivity index is 1.31. The van der Waals surface area contributed by atoms with E-state index in [-0.39, 0.29) is 24.3 Å². The number of nitrogens with zero attached hydrogens (tertiary/aromatic N) is 3. The average molecular weight is 415 g/mol. The van der Waals surface area contributed by atoms with Crippen LogP contribution in [-0.2, 0) is 13.2 Å². The molecule has 1 saturated carbocycles. The van der Waals surface area contributed by atoms with Crippen molar-refractivity contribution < 1.29 is 13.9 Å². The maximum atomic E-state index is 14.1. The van der Waals surface area contributed by atoms with Gasteiger partial charge in [-0.1, -0.05) is 30.3 Å². The lowest BCUT2D eigenvalue weighted by atomic mass is 10.1. The third-order valence-corrected chi connectivity index (χ3v) is 5.43. The zero-order valence-corrected chi connectivity index (χ0v) is 16.9. The van der Waals surface area contributed by atoms with Crippen LogP contribution in [0.4, 0.5) is 4.39 Å². The van der Waals surface area contributed by atoms with E-state index in [1.165, 1.54) is 6.07 Å². The Bertz CT molecular complexity index is 1200. The number of ether oxygens (including phenoxy) is 1. The highest BCUT2D eigenvalue weighted by Gasteiger charge is 2.33. The van der Waals surface area contributed by atoms with Crippen LogP contribution >= 0.6 is 0 Å². The highest BCUT2D eigenvalue weighted by atomic mass is 19.1. The molecule has 31 heavy (non-hydrogen) atoms. The first-order chi connectivity index (χ1) is 15.2. The van der Waals surface area contributed by atoms with Gasteiger partial charge in [0.15, 0.2) is 0 Å². The maximum absolute atomic E-state index is 14.1. The van der Waals surface area contributed by atoms with E-state index in [9.17, 15) is 9.18 Å². The van der Waals surface area contributed by atoms with E-state index in [0.717, 1.165) is 24.2 Å². The van der Waals surface area contributed by atoms with Crippen LogP contribution in [0.15, 0.2) is 79.1 Å². The molecule has 1 fully saturated rings. The molecule has 1 aliphatic rings. The number of pyridine rings is 1. The maximum Gasteiger partial charge on any atom is 0.254 e. The van der Waals surface area contributed by atoms with Crippen LogP contribution in [0.1, 0.15) is 34.5 Å². The topological polar surface area (TPSA) is 46.8 Å². The minimum Gasteiger partial charge on any atom is -0.487 e. The number of carbonyl (C=O) groups excluding carboxylic acids is 1. The van der Waals surface area contributed by atoms with E-state index in [0.29, 0.717) is 23.5 Å². The van der Waals surface area contributed by atoms with Gasteiger partial charge in [-0.3, -0.25) is 4.79 Å². The molecule has 0 radical (unpaired) electrons. The van der Waals surface area contributed by atoms with Gasteiger partial charge in [0.25, 0.3) is 5.91 Å². The van der Waals surface area contributed by atoms with Crippen LogP contribution in [0, 0.1) is 5.82 Å². The first kappa shape index (κ1) is 19.3. The summed E-state index contributed by atoms with van der Waals surface area (Å²) in [5.74, 6) is 0.207. The highest BCUT2D eigenvalue weighted by Crippen LogP contribution is 2.31. The normalized spacial score (nSPS) is 13.3. The number of fused-ring (bicyclic) bond motifs is 1. The van der Waals surface area contributed by atoms with E-state index in [1.54, 1.807) is 41.3 Å². The van der Waals surface area contributed by atoms with Gasteiger partial charge in [-0.05, 0) is 49.2 Å². The predicted octanol–water partition coefficient (Wildman–Crippen LogP) is 4.86. The minimum absolute atomic E-state index is 0.107. The van der Waals surface area contributed by atoms with Gasteiger partial charge in [-0.15, -0.1) is 0 Å². The Morgan fingerprint density at radius 1 is 1.10 bits per heavy atom. The molecule has 0 spiro atoms. The van der Waals surface area contributed by atoms with Crippen LogP contribution in [0.5, 0.6) is 5.75 Å². The number of imidazole rings is 1. The molecule has 0 saturated heterocycles. The van der Waals surface area contributed by atoms with E-state index in [1.807, 2.05) is 41.1 Å². The van der Waals surface area contributed by atoms with Crippen molar-refractivity contribution in [3.8, 4) is 5.75 Å². The standard InChI is InChI=1S/C25H22FN3O2/c26-23-9-2-1-6-19(23)15-29(21-11-12-21)25(30)18-7-5-8-22(14-18)31-17-20-16-28-13-4-3-10-24(28)27-20/h1-10,13-14,16,21H,11-12,15,17H2. The molecule has 156 valence electrons. The van der Waals surface area contributed by atoms with Crippen molar-refractivity contribution >= 4 is 11.6 Å². The Morgan fingerprint density at radius 2 is 1.94 bits per heavy atom. The highest BCUT2D eigenvalue weighted by molar-refractivity contribution is 5.95. The molecule has 0 unspecified atom stereocenters. The lowest BCUT2D eigenvalue weighted by Gasteiger charge is -2.23. The van der Waals surface area contributed by atoms with Crippen molar-refractivity contribution in [2.45, 2.75) is 32.0 Å². The first-order valence-electron chi connectivity index (χ1n) is 10.4. The van der Waals surface area contributed by atoms with Crippen LogP contribution in [0.25, 0.3) is 5.65 Å². The largest absolute Gasteiger partial charge is 0.487 e. The Hall–Kier alpha value is -3.67. The summed E-state index contributed by atoms with van der Waals surface area (Å²) in [5.41, 5.74) is 2.73. The molecule has 2 aromatic carbocycles. The minimum atomic E-state index is -0.287. The summed E-state index contributed by atoms with van der Waals surface area (Å²) in [6.07, 6.45) is 5.76. The molecule has 4 aromatic rings. The molecular weight excluding hydrogens is 393 g/mol.